The molecule has 3 N–H and O–H groups in total. The Balaban J connectivity index is 2.07. The number of carbonyl (C=O) groups excluding carboxylic acids is 2. The van der Waals surface area contributed by atoms with Crippen molar-refractivity contribution < 1.29 is 19.5 Å². The number of piperidine rings is 1. The van der Waals surface area contributed by atoms with Crippen molar-refractivity contribution in [2.45, 2.75) is 38.5 Å². The van der Waals surface area contributed by atoms with Crippen molar-refractivity contribution in [2.24, 2.45) is 5.92 Å². The molecule has 0 unspecified atom stereocenters. The number of hydrogen-bond acceptors (Lipinski definition) is 4. The Morgan fingerprint density at radius 2 is 1.76 bits per heavy atom. The summed E-state index contributed by atoms with van der Waals surface area (Å²) in [6.07, 6.45) is 3.25. The van der Waals surface area contributed by atoms with Gasteiger partial charge in [-0.15, -0.1) is 0 Å². The SMILES string of the molecule is CN1CCC(CNC(=O)NC(=O)CCCCC(=O)O)CC1. The molecule has 1 fully saturated rings. The molecule has 1 aliphatic rings. The van der Waals surface area contributed by atoms with E-state index in [0.29, 0.717) is 25.3 Å². The number of rotatable bonds is 7. The summed E-state index contributed by atoms with van der Waals surface area (Å²) in [4.78, 5) is 35.6. The van der Waals surface area contributed by atoms with Crippen LogP contribution in [0.1, 0.15) is 38.5 Å². The number of hydrogen-bond donors (Lipinski definition) is 3. The molecule has 0 aromatic heterocycles. The summed E-state index contributed by atoms with van der Waals surface area (Å²) in [6.45, 7) is 2.67. The van der Waals surface area contributed by atoms with E-state index >= 15 is 0 Å². The maximum atomic E-state index is 11.6. The van der Waals surface area contributed by atoms with E-state index < -0.39 is 12.0 Å². The zero-order valence-corrected chi connectivity index (χ0v) is 12.6. The number of likely N-dealkylation sites (tertiary alicyclic amines) is 1. The molecule has 1 heterocycles. The van der Waals surface area contributed by atoms with Gasteiger partial charge in [-0.1, -0.05) is 0 Å². The highest BCUT2D eigenvalue weighted by Gasteiger charge is 2.17. The Hall–Kier alpha value is -1.63. The van der Waals surface area contributed by atoms with Crippen molar-refractivity contribution >= 4 is 17.9 Å². The monoisotopic (exact) mass is 299 g/mol. The second-order valence-corrected chi connectivity index (χ2v) is 5.61. The standard InChI is InChI=1S/C14H25N3O4/c1-17-8-6-11(7-9-17)10-15-14(21)16-12(18)4-2-3-5-13(19)20/h11H,2-10H2,1H3,(H,19,20)(H2,15,16,18,21). The van der Waals surface area contributed by atoms with E-state index in [4.69, 9.17) is 5.11 Å². The zero-order chi connectivity index (χ0) is 15.7. The summed E-state index contributed by atoms with van der Waals surface area (Å²) < 4.78 is 0. The third-order valence-electron chi connectivity index (χ3n) is 3.69. The zero-order valence-electron chi connectivity index (χ0n) is 12.6. The number of nitrogens with zero attached hydrogens (tertiary/aromatic N) is 1. The minimum atomic E-state index is -0.869. The first-order chi connectivity index (χ1) is 9.97. The highest BCUT2D eigenvalue weighted by molar-refractivity contribution is 5.94. The number of carboxylic acids is 1. The Morgan fingerprint density at radius 3 is 2.38 bits per heavy atom. The molecule has 21 heavy (non-hydrogen) atoms. The molecule has 0 aliphatic carbocycles. The van der Waals surface area contributed by atoms with E-state index in [1.54, 1.807) is 0 Å². The van der Waals surface area contributed by atoms with Crippen LogP contribution in [-0.2, 0) is 9.59 Å². The Morgan fingerprint density at radius 1 is 1.14 bits per heavy atom. The van der Waals surface area contributed by atoms with Crippen LogP contribution in [0.4, 0.5) is 4.79 Å². The van der Waals surface area contributed by atoms with Gasteiger partial charge < -0.3 is 15.3 Å². The Labute approximate surface area is 125 Å². The topological polar surface area (TPSA) is 98.7 Å². The largest absolute Gasteiger partial charge is 0.481 e. The predicted octanol–water partition coefficient (Wildman–Crippen LogP) is 0.799. The van der Waals surface area contributed by atoms with Crippen molar-refractivity contribution in [3.05, 3.63) is 0 Å². The molecule has 1 saturated heterocycles. The number of aliphatic carboxylic acids is 1. The van der Waals surface area contributed by atoms with Gasteiger partial charge in [-0.2, -0.15) is 0 Å². The van der Waals surface area contributed by atoms with Crippen LogP contribution in [0.2, 0.25) is 0 Å². The van der Waals surface area contributed by atoms with Gasteiger partial charge in [0.05, 0.1) is 0 Å². The first kappa shape index (κ1) is 17.4. The van der Waals surface area contributed by atoms with Crippen molar-refractivity contribution in [1.82, 2.24) is 15.5 Å². The summed E-state index contributed by atoms with van der Waals surface area (Å²) in [7, 11) is 2.08. The van der Waals surface area contributed by atoms with Crippen LogP contribution < -0.4 is 10.6 Å². The van der Waals surface area contributed by atoms with Crippen LogP contribution in [0.3, 0.4) is 0 Å². The van der Waals surface area contributed by atoms with Crippen LogP contribution in [0, 0.1) is 5.92 Å². The second kappa shape index (κ2) is 9.33. The fourth-order valence-electron chi connectivity index (χ4n) is 2.30. The lowest BCUT2D eigenvalue weighted by Gasteiger charge is -2.28. The predicted molar refractivity (Wildman–Crippen MR) is 77.9 cm³/mol. The molecule has 7 nitrogen and oxygen atoms in total. The summed E-state index contributed by atoms with van der Waals surface area (Å²) in [6, 6.07) is -0.461. The third kappa shape index (κ3) is 8.29. The van der Waals surface area contributed by atoms with Crippen LogP contribution in [0.5, 0.6) is 0 Å². The summed E-state index contributed by atoms with van der Waals surface area (Å²) in [5.41, 5.74) is 0. The first-order valence-corrected chi connectivity index (χ1v) is 7.45. The lowest BCUT2D eigenvalue weighted by Crippen LogP contribution is -2.43. The fraction of sp³-hybridized carbons (Fsp3) is 0.786. The van der Waals surface area contributed by atoms with Gasteiger partial charge in [-0.05, 0) is 51.7 Å². The summed E-state index contributed by atoms with van der Waals surface area (Å²) in [5, 5.41) is 13.5. The number of nitrogens with one attached hydrogen (secondary N) is 2. The summed E-state index contributed by atoms with van der Waals surface area (Å²) in [5.74, 6) is -0.759. The molecule has 7 heteroatoms. The van der Waals surface area contributed by atoms with Gasteiger partial charge in [-0.3, -0.25) is 14.9 Å². The second-order valence-electron chi connectivity index (χ2n) is 5.61. The van der Waals surface area contributed by atoms with Gasteiger partial charge in [0.15, 0.2) is 0 Å². The molecular weight excluding hydrogens is 274 g/mol. The molecule has 0 bridgehead atoms. The number of urea groups is 1. The highest BCUT2D eigenvalue weighted by Crippen LogP contribution is 2.14. The number of carbonyl (C=O) groups is 3. The van der Waals surface area contributed by atoms with Crippen LogP contribution in [-0.4, -0.2) is 54.6 Å². The van der Waals surface area contributed by atoms with Gasteiger partial charge in [-0.25, -0.2) is 4.79 Å². The molecule has 0 atom stereocenters. The summed E-state index contributed by atoms with van der Waals surface area (Å²) >= 11 is 0. The Bertz CT molecular complexity index is 365. The lowest BCUT2D eigenvalue weighted by atomic mass is 9.97. The van der Waals surface area contributed by atoms with Crippen LogP contribution >= 0.6 is 0 Å². The molecule has 0 aromatic rings. The Kier molecular flexibility index (Phi) is 7.74. The van der Waals surface area contributed by atoms with Gasteiger partial charge in [0, 0.05) is 19.4 Å². The number of unbranched alkanes of at least 4 members (excludes halogenated alkanes) is 1. The first-order valence-electron chi connectivity index (χ1n) is 7.45. The number of imide groups is 1. The average Bonchev–Trinajstić information content (AvgIpc) is 2.43. The fourth-order valence-corrected chi connectivity index (χ4v) is 2.30. The third-order valence-corrected chi connectivity index (χ3v) is 3.69. The maximum absolute atomic E-state index is 11.6. The molecule has 120 valence electrons. The van der Waals surface area contributed by atoms with E-state index in [9.17, 15) is 14.4 Å². The van der Waals surface area contributed by atoms with Crippen molar-refractivity contribution in [1.29, 1.82) is 0 Å². The van der Waals surface area contributed by atoms with Crippen molar-refractivity contribution in [2.75, 3.05) is 26.7 Å². The molecule has 0 radical (unpaired) electrons. The average molecular weight is 299 g/mol. The lowest BCUT2D eigenvalue weighted by molar-refractivity contribution is -0.137. The van der Waals surface area contributed by atoms with Gasteiger partial charge in [0.1, 0.15) is 0 Å². The molecule has 0 aromatic carbocycles. The number of amides is 3. The van der Waals surface area contributed by atoms with E-state index in [-0.39, 0.29) is 18.7 Å². The van der Waals surface area contributed by atoms with E-state index in [0.717, 1.165) is 25.9 Å². The van der Waals surface area contributed by atoms with Crippen LogP contribution in [0.25, 0.3) is 0 Å². The van der Waals surface area contributed by atoms with E-state index in [1.165, 1.54) is 0 Å². The van der Waals surface area contributed by atoms with Gasteiger partial charge in [0.25, 0.3) is 0 Å². The maximum Gasteiger partial charge on any atom is 0.321 e. The quantitative estimate of drug-likeness (QED) is 0.604. The molecule has 1 rings (SSSR count). The molecule has 0 saturated carbocycles. The van der Waals surface area contributed by atoms with Crippen LogP contribution in [0.15, 0.2) is 0 Å². The molecule has 3 amide bonds. The molecule has 1 aliphatic heterocycles. The van der Waals surface area contributed by atoms with Crippen molar-refractivity contribution in [3.63, 3.8) is 0 Å². The highest BCUT2D eigenvalue weighted by atomic mass is 16.4. The minimum absolute atomic E-state index is 0.0512. The normalized spacial score (nSPS) is 16.4. The number of carboxylic acid groups (broad SMARTS) is 1. The van der Waals surface area contributed by atoms with E-state index in [1.807, 2.05) is 0 Å². The smallest absolute Gasteiger partial charge is 0.321 e. The van der Waals surface area contributed by atoms with E-state index in [2.05, 4.69) is 22.6 Å². The molecular formula is C14H25N3O4. The minimum Gasteiger partial charge on any atom is -0.481 e. The molecule has 0 spiro atoms. The van der Waals surface area contributed by atoms with Gasteiger partial charge in [0.2, 0.25) is 5.91 Å². The van der Waals surface area contributed by atoms with Crippen molar-refractivity contribution in [3.8, 4) is 0 Å². The van der Waals surface area contributed by atoms with Gasteiger partial charge >= 0.3 is 12.0 Å².